The molecule has 0 bridgehead atoms. The van der Waals surface area contributed by atoms with Crippen LogP contribution in [0.1, 0.15) is 68.5 Å². The highest BCUT2D eigenvalue weighted by Crippen LogP contribution is 2.29. The molecule has 0 radical (unpaired) electrons. The number of rotatable bonds is 8. The van der Waals surface area contributed by atoms with Crippen LogP contribution in [0.25, 0.3) is 0 Å². The van der Waals surface area contributed by atoms with E-state index in [1.165, 1.54) is 4.90 Å². The molecule has 8 heteroatoms. The maximum atomic E-state index is 13.9. The molecule has 0 spiro atoms. The number of ether oxygens (including phenoxy) is 1. The quantitative estimate of drug-likeness (QED) is 0.475. The Labute approximate surface area is 220 Å². The van der Waals surface area contributed by atoms with Crippen molar-refractivity contribution in [3.63, 3.8) is 0 Å². The first-order chi connectivity index (χ1) is 17.2. The second-order valence-corrected chi connectivity index (χ2v) is 10.7. The van der Waals surface area contributed by atoms with Gasteiger partial charge >= 0.3 is 6.09 Å². The van der Waals surface area contributed by atoms with Crippen molar-refractivity contribution in [2.45, 2.75) is 86.0 Å². The average Bonchev–Trinajstić information content (AvgIpc) is 2.78. The fourth-order valence-corrected chi connectivity index (χ4v) is 4.07. The van der Waals surface area contributed by atoms with Crippen molar-refractivity contribution in [2.24, 2.45) is 0 Å². The van der Waals surface area contributed by atoms with Crippen LogP contribution >= 0.6 is 0 Å². The topological polar surface area (TPSA) is 108 Å². The molecule has 0 fully saturated rings. The molecule has 8 nitrogen and oxygen atoms in total. The lowest BCUT2D eigenvalue weighted by molar-refractivity contribution is -0.143. The van der Waals surface area contributed by atoms with Gasteiger partial charge in [-0.3, -0.25) is 9.59 Å². The Morgan fingerprint density at radius 2 is 1.54 bits per heavy atom. The van der Waals surface area contributed by atoms with Crippen molar-refractivity contribution in [2.75, 3.05) is 11.9 Å². The zero-order valence-corrected chi connectivity index (χ0v) is 23.4. The fraction of sp³-hybridized carbons (Fsp3) is 0.483. The maximum absolute atomic E-state index is 13.9. The molecule has 202 valence electrons. The van der Waals surface area contributed by atoms with E-state index in [1.54, 1.807) is 34.6 Å². The van der Waals surface area contributed by atoms with Crippen molar-refractivity contribution < 1.29 is 24.2 Å². The summed E-state index contributed by atoms with van der Waals surface area (Å²) in [6.45, 7) is 15.8. The molecule has 2 aromatic rings. The maximum Gasteiger partial charge on any atom is 0.408 e. The van der Waals surface area contributed by atoms with Crippen LogP contribution < -0.4 is 10.6 Å². The number of aliphatic hydroxyl groups excluding tert-OH is 1. The van der Waals surface area contributed by atoms with Crippen molar-refractivity contribution in [1.82, 2.24) is 10.2 Å². The number of nitrogens with one attached hydrogen (secondary N) is 2. The number of para-hydroxylation sites is 1. The Balaban J connectivity index is 2.54. The normalized spacial score (nSPS) is 13.1. The third-order valence-electron chi connectivity index (χ3n) is 6.09. The molecule has 2 atom stereocenters. The monoisotopic (exact) mass is 511 g/mol. The van der Waals surface area contributed by atoms with E-state index in [-0.39, 0.29) is 0 Å². The van der Waals surface area contributed by atoms with E-state index in [4.69, 9.17) is 4.74 Å². The van der Waals surface area contributed by atoms with Gasteiger partial charge in [0.05, 0.1) is 6.61 Å². The minimum absolute atomic E-state index is 0.392. The number of alkyl carbamates (subject to hydrolysis) is 1. The molecular weight excluding hydrogens is 470 g/mol. The van der Waals surface area contributed by atoms with Crippen LogP contribution in [0.4, 0.5) is 10.5 Å². The van der Waals surface area contributed by atoms with Gasteiger partial charge in [-0.1, -0.05) is 36.4 Å². The molecule has 37 heavy (non-hydrogen) atoms. The van der Waals surface area contributed by atoms with Crippen LogP contribution in [0.5, 0.6) is 0 Å². The summed E-state index contributed by atoms with van der Waals surface area (Å²) < 4.78 is 5.28. The average molecular weight is 512 g/mol. The summed E-state index contributed by atoms with van der Waals surface area (Å²) in [7, 11) is 0. The van der Waals surface area contributed by atoms with Gasteiger partial charge in [0.25, 0.3) is 5.91 Å². The van der Waals surface area contributed by atoms with Gasteiger partial charge in [-0.05, 0) is 90.1 Å². The van der Waals surface area contributed by atoms with Crippen molar-refractivity contribution in [1.29, 1.82) is 0 Å². The smallest absolute Gasteiger partial charge is 0.408 e. The number of hydrogen-bond acceptors (Lipinski definition) is 5. The first-order valence-corrected chi connectivity index (χ1v) is 12.5. The molecule has 3 amide bonds. The van der Waals surface area contributed by atoms with Gasteiger partial charge in [0.2, 0.25) is 5.91 Å². The number of carbonyl (C=O) groups is 3. The van der Waals surface area contributed by atoms with E-state index in [9.17, 15) is 19.5 Å². The van der Waals surface area contributed by atoms with Crippen LogP contribution in [-0.4, -0.2) is 52.2 Å². The first-order valence-electron chi connectivity index (χ1n) is 12.5. The summed E-state index contributed by atoms with van der Waals surface area (Å²) >= 11 is 0. The molecule has 2 aromatic carbocycles. The van der Waals surface area contributed by atoms with Crippen LogP contribution in [0, 0.1) is 27.7 Å². The largest absolute Gasteiger partial charge is 0.444 e. The number of carbonyl (C=O) groups excluding carboxylic acids is 3. The van der Waals surface area contributed by atoms with E-state index < -0.39 is 48.2 Å². The number of benzene rings is 2. The van der Waals surface area contributed by atoms with Gasteiger partial charge in [0, 0.05) is 11.7 Å². The molecule has 0 aliphatic carbocycles. The lowest BCUT2D eigenvalue weighted by Gasteiger charge is -2.37. The second-order valence-electron chi connectivity index (χ2n) is 10.7. The molecule has 0 aromatic heterocycles. The lowest BCUT2D eigenvalue weighted by Crippen LogP contribution is -2.55. The van der Waals surface area contributed by atoms with E-state index in [0.717, 1.165) is 22.3 Å². The number of aliphatic hydroxyl groups is 1. The van der Waals surface area contributed by atoms with Gasteiger partial charge in [0.15, 0.2) is 0 Å². The molecule has 2 unspecified atom stereocenters. The lowest BCUT2D eigenvalue weighted by atomic mass is 9.97. The molecule has 2 rings (SSSR count). The van der Waals surface area contributed by atoms with Crippen molar-refractivity contribution in [3.8, 4) is 0 Å². The van der Waals surface area contributed by atoms with Crippen LogP contribution in [-0.2, 0) is 14.3 Å². The predicted octanol–water partition coefficient (Wildman–Crippen LogP) is 4.72. The molecule has 0 aliphatic heterocycles. The minimum atomic E-state index is -1.29. The summed E-state index contributed by atoms with van der Waals surface area (Å²) in [4.78, 5) is 41.5. The molecule has 0 aliphatic rings. The predicted molar refractivity (Wildman–Crippen MR) is 145 cm³/mol. The molecule has 0 saturated carbocycles. The third-order valence-corrected chi connectivity index (χ3v) is 6.09. The highest BCUT2D eigenvalue weighted by molar-refractivity contribution is 6.00. The second kappa shape index (κ2) is 12.2. The first kappa shape index (κ1) is 29.8. The Hall–Kier alpha value is -3.39. The number of aryl methyl sites for hydroxylation is 4. The fourth-order valence-electron chi connectivity index (χ4n) is 4.07. The molecule has 3 N–H and O–H groups in total. The number of amides is 3. The zero-order valence-electron chi connectivity index (χ0n) is 23.4. The van der Waals surface area contributed by atoms with Crippen molar-refractivity contribution in [3.05, 3.63) is 64.2 Å². The summed E-state index contributed by atoms with van der Waals surface area (Å²) in [5, 5.41) is 15.5. The Kier molecular flexibility index (Phi) is 9.87. The summed E-state index contributed by atoms with van der Waals surface area (Å²) in [5.41, 5.74) is 4.36. The molecule has 0 saturated heterocycles. The summed E-state index contributed by atoms with van der Waals surface area (Å²) in [6.07, 6.45) is -0.827. The zero-order chi connectivity index (χ0) is 28.1. The van der Waals surface area contributed by atoms with E-state index in [0.29, 0.717) is 11.3 Å². The minimum Gasteiger partial charge on any atom is -0.444 e. The Morgan fingerprint density at radius 3 is 2.03 bits per heavy atom. The highest BCUT2D eigenvalue weighted by Gasteiger charge is 2.38. The standard InChI is InChI=1S/C29H41N3O5/c1-17(2)32(27(35)23(16-33)30-28(36)37-29(7,8)9)25(22-14-13-18(3)21(6)15-22)26(34)31-24-19(4)11-10-12-20(24)5/h10-15,17,23,25,33H,16H2,1-9H3,(H,30,36)(H,31,34). The Morgan fingerprint density at radius 1 is 0.946 bits per heavy atom. The van der Waals surface area contributed by atoms with Crippen LogP contribution in [0.3, 0.4) is 0 Å². The van der Waals surface area contributed by atoms with Crippen LogP contribution in [0.2, 0.25) is 0 Å². The highest BCUT2D eigenvalue weighted by atomic mass is 16.6. The van der Waals surface area contributed by atoms with Gasteiger partial charge in [0.1, 0.15) is 17.7 Å². The molecule has 0 heterocycles. The van der Waals surface area contributed by atoms with Gasteiger partial charge in [-0.25, -0.2) is 4.79 Å². The summed E-state index contributed by atoms with van der Waals surface area (Å²) in [5.74, 6) is -0.986. The summed E-state index contributed by atoms with van der Waals surface area (Å²) in [6, 6.07) is 8.63. The number of hydrogen-bond donors (Lipinski definition) is 3. The van der Waals surface area contributed by atoms with Gasteiger partial charge < -0.3 is 25.4 Å². The SMILES string of the molecule is Cc1ccc(C(C(=O)Nc2c(C)cccc2C)N(C(=O)C(CO)NC(=O)OC(C)(C)C)C(C)C)cc1C. The van der Waals surface area contributed by atoms with Crippen molar-refractivity contribution >= 4 is 23.6 Å². The van der Waals surface area contributed by atoms with E-state index in [1.807, 2.05) is 64.1 Å². The van der Waals surface area contributed by atoms with E-state index in [2.05, 4.69) is 10.6 Å². The number of nitrogens with zero attached hydrogens (tertiary/aromatic N) is 1. The van der Waals surface area contributed by atoms with E-state index >= 15 is 0 Å². The Bertz CT molecular complexity index is 1120. The van der Waals surface area contributed by atoms with Gasteiger partial charge in [-0.15, -0.1) is 0 Å². The number of anilines is 1. The van der Waals surface area contributed by atoms with Crippen LogP contribution in [0.15, 0.2) is 36.4 Å². The third kappa shape index (κ3) is 7.79. The molecular formula is C29H41N3O5. The van der Waals surface area contributed by atoms with Gasteiger partial charge in [-0.2, -0.15) is 0 Å².